The average Bonchev–Trinajstić information content (AvgIpc) is 2.65. The van der Waals surface area contributed by atoms with Crippen molar-refractivity contribution in [3.63, 3.8) is 0 Å². The van der Waals surface area contributed by atoms with Crippen LogP contribution in [0.1, 0.15) is 42.5 Å². The van der Waals surface area contributed by atoms with Crippen molar-refractivity contribution in [2.24, 2.45) is 0 Å². The Morgan fingerprint density at radius 3 is 2.16 bits per heavy atom. The monoisotopic (exact) mass is 351 g/mol. The molecular formula is C18H25NO6. The number of methoxy groups -OCH3 is 3. The first-order valence-electron chi connectivity index (χ1n) is 8.35. The highest BCUT2D eigenvalue weighted by molar-refractivity contribution is 5.95. The lowest BCUT2D eigenvalue weighted by atomic mass is 9.95. The molecule has 7 heteroatoms. The lowest BCUT2D eigenvalue weighted by molar-refractivity contribution is -0.125. The molecule has 1 amide bonds. The summed E-state index contributed by atoms with van der Waals surface area (Å²) >= 11 is 0. The molecule has 0 saturated heterocycles. The standard InChI is InChI=1S/C18H25NO6/c1-22-14-10-16(24-3)15(23-2)9-13(14)18(21)25-11-17(20)19-12-7-5-4-6-8-12/h9-10,12H,4-8,11H2,1-3H3,(H,19,20). The SMILES string of the molecule is COc1cc(OC)c(C(=O)OCC(=O)NC2CCCCC2)cc1OC. The highest BCUT2D eigenvalue weighted by Crippen LogP contribution is 2.34. The van der Waals surface area contributed by atoms with Crippen LogP contribution in [0.25, 0.3) is 0 Å². The molecule has 0 atom stereocenters. The van der Waals surface area contributed by atoms with Crippen molar-refractivity contribution in [2.75, 3.05) is 27.9 Å². The number of rotatable bonds is 7. The molecular weight excluding hydrogens is 326 g/mol. The van der Waals surface area contributed by atoms with Gasteiger partial charge in [0, 0.05) is 18.2 Å². The third-order valence-corrected chi connectivity index (χ3v) is 4.23. The van der Waals surface area contributed by atoms with Crippen molar-refractivity contribution in [1.82, 2.24) is 5.32 Å². The lowest BCUT2D eigenvalue weighted by Gasteiger charge is -2.22. The van der Waals surface area contributed by atoms with Crippen LogP contribution in [-0.2, 0) is 9.53 Å². The predicted octanol–water partition coefficient (Wildman–Crippen LogP) is 2.32. The maximum Gasteiger partial charge on any atom is 0.342 e. The van der Waals surface area contributed by atoms with E-state index < -0.39 is 5.97 Å². The quantitative estimate of drug-likeness (QED) is 0.759. The summed E-state index contributed by atoms with van der Waals surface area (Å²) in [7, 11) is 4.40. The van der Waals surface area contributed by atoms with Crippen LogP contribution >= 0.6 is 0 Å². The first-order chi connectivity index (χ1) is 12.1. The molecule has 0 bridgehead atoms. The molecule has 0 radical (unpaired) electrons. The fourth-order valence-corrected chi connectivity index (χ4v) is 2.91. The lowest BCUT2D eigenvalue weighted by Crippen LogP contribution is -2.38. The van der Waals surface area contributed by atoms with Crippen LogP contribution in [0.2, 0.25) is 0 Å². The molecule has 1 fully saturated rings. The van der Waals surface area contributed by atoms with Gasteiger partial charge < -0.3 is 24.3 Å². The number of ether oxygens (including phenoxy) is 4. The zero-order chi connectivity index (χ0) is 18.2. The number of hydrogen-bond acceptors (Lipinski definition) is 6. The Balaban J connectivity index is 1.98. The third-order valence-electron chi connectivity index (χ3n) is 4.23. The molecule has 138 valence electrons. The minimum Gasteiger partial charge on any atom is -0.496 e. The third kappa shape index (κ3) is 5.01. The van der Waals surface area contributed by atoms with Crippen LogP contribution in [-0.4, -0.2) is 45.9 Å². The van der Waals surface area contributed by atoms with Gasteiger partial charge >= 0.3 is 5.97 Å². The average molecular weight is 351 g/mol. The molecule has 1 aromatic carbocycles. The Bertz CT molecular complexity index is 610. The molecule has 0 aromatic heterocycles. The smallest absolute Gasteiger partial charge is 0.342 e. The van der Waals surface area contributed by atoms with Crippen LogP contribution in [0.3, 0.4) is 0 Å². The first kappa shape index (κ1) is 18.9. The summed E-state index contributed by atoms with van der Waals surface area (Å²) in [5, 5.41) is 2.90. The highest BCUT2D eigenvalue weighted by atomic mass is 16.5. The number of carbonyl (C=O) groups is 2. The summed E-state index contributed by atoms with van der Waals surface area (Å²) in [5.41, 5.74) is 0.172. The van der Waals surface area contributed by atoms with E-state index in [1.807, 2.05) is 0 Å². The van der Waals surface area contributed by atoms with Crippen molar-refractivity contribution >= 4 is 11.9 Å². The molecule has 0 aliphatic heterocycles. The van der Waals surface area contributed by atoms with E-state index in [2.05, 4.69) is 5.32 Å². The number of hydrogen-bond donors (Lipinski definition) is 1. The van der Waals surface area contributed by atoms with Crippen molar-refractivity contribution in [1.29, 1.82) is 0 Å². The fourth-order valence-electron chi connectivity index (χ4n) is 2.91. The van der Waals surface area contributed by atoms with Gasteiger partial charge in [-0.15, -0.1) is 0 Å². The van der Waals surface area contributed by atoms with Gasteiger partial charge in [-0.05, 0) is 12.8 Å². The topological polar surface area (TPSA) is 83.1 Å². The first-order valence-corrected chi connectivity index (χ1v) is 8.35. The van der Waals surface area contributed by atoms with E-state index in [1.165, 1.54) is 39.9 Å². The van der Waals surface area contributed by atoms with E-state index in [0.29, 0.717) is 11.5 Å². The number of carbonyl (C=O) groups excluding carboxylic acids is 2. The predicted molar refractivity (Wildman–Crippen MR) is 91.4 cm³/mol. The number of amides is 1. The maximum absolute atomic E-state index is 12.3. The minimum absolute atomic E-state index is 0.172. The largest absolute Gasteiger partial charge is 0.496 e. The number of nitrogens with one attached hydrogen (secondary N) is 1. The molecule has 0 heterocycles. The minimum atomic E-state index is -0.656. The van der Waals surface area contributed by atoms with Crippen molar-refractivity contribution in [2.45, 2.75) is 38.1 Å². The second-order valence-corrected chi connectivity index (χ2v) is 5.89. The van der Waals surface area contributed by atoms with Gasteiger partial charge in [-0.1, -0.05) is 19.3 Å². The van der Waals surface area contributed by atoms with Gasteiger partial charge in [-0.2, -0.15) is 0 Å². The van der Waals surface area contributed by atoms with Gasteiger partial charge in [-0.25, -0.2) is 4.79 Å². The van der Waals surface area contributed by atoms with Gasteiger partial charge in [0.15, 0.2) is 18.1 Å². The van der Waals surface area contributed by atoms with Crippen LogP contribution in [0.5, 0.6) is 17.2 Å². The molecule has 0 spiro atoms. The van der Waals surface area contributed by atoms with Crippen molar-refractivity contribution in [3.05, 3.63) is 17.7 Å². The molecule has 1 aliphatic carbocycles. The van der Waals surface area contributed by atoms with E-state index in [0.717, 1.165) is 25.7 Å². The van der Waals surface area contributed by atoms with E-state index in [1.54, 1.807) is 0 Å². The van der Waals surface area contributed by atoms with E-state index in [4.69, 9.17) is 18.9 Å². The van der Waals surface area contributed by atoms with Gasteiger partial charge in [0.25, 0.3) is 5.91 Å². The second-order valence-electron chi connectivity index (χ2n) is 5.89. The number of esters is 1. The highest BCUT2D eigenvalue weighted by Gasteiger charge is 2.21. The van der Waals surface area contributed by atoms with E-state index in [9.17, 15) is 9.59 Å². The Labute approximate surface area is 147 Å². The molecule has 1 aromatic rings. The zero-order valence-electron chi connectivity index (χ0n) is 14.9. The summed E-state index contributed by atoms with van der Waals surface area (Å²) in [5.74, 6) is 0.152. The number of benzene rings is 1. The molecule has 0 unspecified atom stereocenters. The van der Waals surface area contributed by atoms with Gasteiger partial charge in [0.1, 0.15) is 11.3 Å². The molecule has 2 rings (SSSR count). The van der Waals surface area contributed by atoms with Gasteiger partial charge in [-0.3, -0.25) is 4.79 Å². The Morgan fingerprint density at radius 1 is 0.960 bits per heavy atom. The molecule has 25 heavy (non-hydrogen) atoms. The Kier molecular flexibility index (Phi) is 6.91. The van der Waals surface area contributed by atoms with Crippen LogP contribution < -0.4 is 19.5 Å². The van der Waals surface area contributed by atoms with Crippen molar-refractivity contribution in [3.8, 4) is 17.2 Å². The Hall–Kier alpha value is -2.44. The van der Waals surface area contributed by atoms with Crippen LogP contribution in [0.15, 0.2) is 12.1 Å². The van der Waals surface area contributed by atoms with E-state index in [-0.39, 0.29) is 29.9 Å². The van der Waals surface area contributed by atoms with Crippen LogP contribution in [0, 0.1) is 0 Å². The van der Waals surface area contributed by atoms with Crippen molar-refractivity contribution < 1.29 is 28.5 Å². The molecule has 1 saturated carbocycles. The molecule has 1 aliphatic rings. The maximum atomic E-state index is 12.3. The van der Waals surface area contributed by atoms with Gasteiger partial charge in [0.05, 0.1) is 21.3 Å². The second kappa shape index (κ2) is 9.15. The summed E-state index contributed by atoms with van der Waals surface area (Å²) in [4.78, 5) is 24.3. The fraction of sp³-hybridized carbons (Fsp3) is 0.556. The Morgan fingerprint density at radius 2 is 1.56 bits per heavy atom. The zero-order valence-corrected chi connectivity index (χ0v) is 14.9. The molecule has 1 N–H and O–H groups in total. The molecule has 7 nitrogen and oxygen atoms in total. The summed E-state index contributed by atoms with van der Waals surface area (Å²) in [6.07, 6.45) is 5.40. The summed E-state index contributed by atoms with van der Waals surface area (Å²) < 4.78 is 20.7. The summed E-state index contributed by atoms with van der Waals surface area (Å²) in [6, 6.07) is 3.19. The van der Waals surface area contributed by atoms with E-state index >= 15 is 0 Å². The summed E-state index contributed by atoms with van der Waals surface area (Å²) in [6.45, 7) is -0.327. The normalized spacial score (nSPS) is 14.5. The van der Waals surface area contributed by atoms with Gasteiger partial charge in [0.2, 0.25) is 0 Å². The van der Waals surface area contributed by atoms with Crippen LogP contribution in [0.4, 0.5) is 0 Å².